The molecule has 0 amide bonds. The fraction of sp³-hybridized carbons (Fsp3) is 1.00. The van der Waals surface area contributed by atoms with Gasteiger partial charge in [-0.3, -0.25) is 0 Å². The maximum Gasteiger partial charge on any atom is 0.0595 e. The Morgan fingerprint density at radius 2 is 2.15 bits per heavy atom. The summed E-state index contributed by atoms with van der Waals surface area (Å²) in [5.74, 6) is 0. The number of likely N-dealkylation sites (N-methyl/N-ethyl adjacent to an activating group) is 1. The summed E-state index contributed by atoms with van der Waals surface area (Å²) in [6, 6.07) is 0.458. The van der Waals surface area contributed by atoms with Crippen LogP contribution < -0.4 is 5.73 Å². The third-order valence-electron chi connectivity index (χ3n) is 2.57. The molecular weight excluding hydrogens is 168 g/mol. The van der Waals surface area contributed by atoms with Crippen LogP contribution in [0, 0.1) is 0 Å². The van der Waals surface area contributed by atoms with Crippen molar-refractivity contribution in [1.82, 2.24) is 4.90 Å². The van der Waals surface area contributed by atoms with Gasteiger partial charge in [-0.2, -0.15) is 0 Å². The van der Waals surface area contributed by atoms with Gasteiger partial charge in [-0.15, -0.1) is 0 Å². The molecule has 0 aromatic heterocycles. The van der Waals surface area contributed by atoms with Crippen molar-refractivity contribution in [3.8, 4) is 0 Å². The van der Waals surface area contributed by atoms with Crippen molar-refractivity contribution in [2.45, 2.75) is 24.9 Å². The van der Waals surface area contributed by atoms with Gasteiger partial charge in [-0.1, -0.05) is 0 Å². The SMILES string of the molecule is CN(CC(N)CO)C1CCOCC1. The summed E-state index contributed by atoms with van der Waals surface area (Å²) >= 11 is 0. The summed E-state index contributed by atoms with van der Waals surface area (Å²) in [7, 11) is 2.06. The molecule has 4 nitrogen and oxygen atoms in total. The second-order valence-corrected chi connectivity index (χ2v) is 3.73. The molecule has 0 aromatic carbocycles. The van der Waals surface area contributed by atoms with Gasteiger partial charge in [0.2, 0.25) is 0 Å². The van der Waals surface area contributed by atoms with E-state index in [0.717, 1.165) is 32.6 Å². The molecule has 1 saturated heterocycles. The first-order valence-electron chi connectivity index (χ1n) is 4.88. The summed E-state index contributed by atoms with van der Waals surface area (Å²) in [5, 5.41) is 8.81. The predicted octanol–water partition coefficient (Wildman–Crippen LogP) is -0.583. The molecule has 1 rings (SSSR count). The first-order valence-corrected chi connectivity index (χ1v) is 4.88. The Bertz CT molecular complexity index is 138. The van der Waals surface area contributed by atoms with Crippen molar-refractivity contribution in [3.63, 3.8) is 0 Å². The molecule has 4 heteroatoms. The van der Waals surface area contributed by atoms with Crippen LogP contribution in [-0.2, 0) is 4.74 Å². The number of aliphatic hydroxyl groups is 1. The summed E-state index contributed by atoms with van der Waals surface area (Å²) in [6.45, 7) is 2.53. The molecule has 0 spiro atoms. The van der Waals surface area contributed by atoms with Crippen LogP contribution in [0.3, 0.4) is 0 Å². The minimum absolute atomic E-state index is 0.0631. The molecule has 0 radical (unpaired) electrons. The van der Waals surface area contributed by atoms with Crippen molar-refractivity contribution in [2.75, 3.05) is 33.4 Å². The fourth-order valence-corrected chi connectivity index (χ4v) is 1.70. The number of aliphatic hydroxyl groups excluding tert-OH is 1. The number of nitrogens with two attached hydrogens (primary N) is 1. The molecule has 0 bridgehead atoms. The lowest BCUT2D eigenvalue weighted by Crippen LogP contribution is -2.44. The van der Waals surface area contributed by atoms with E-state index in [-0.39, 0.29) is 12.6 Å². The van der Waals surface area contributed by atoms with Crippen molar-refractivity contribution in [1.29, 1.82) is 0 Å². The van der Waals surface area contributed by atoms with Gasteiger partial charge in [0.25, 0.3) is 0 Å². The summed E-state index contributed by atoms with van der Waals surface area (Å²) in [6.07, 6.45) is 2.16. The third kappa shape index (κ3) is 3.60. The number of rotatable bonds is 4. The first-order chi connectivity index (χ1) is 6.24. The van der Waals surface area contributed by atoms with E-state index in [1.165, 1.54) is 0 Å². The van der Waals surface area contributed by atoms with E-state index in [2.05, 4.69) is 11.9 Å². The van der Waals surface area contributed by atoms with E-state index in [1.54, 1.807) is 0 Å². The molecule has 0 aliphatic carbocycles. The maximum atomic E-state index is 8.81. The predicted molar refractivity (Wildman–Crippen MR) is 51.5 cm³/mol. The minimum atomic E-state index is -0.118. The van der Waals surface area contributed by atoms with Crippen LogP contribution in [0.2, 0.25) is 0 Å². The van der Waals surface area contributed by atoms with Crippen LogP contribution >= 0.6 is 0 Å². The van der Waals surface area contributed by atoms with Crippen molar-refractivity contribution in [2.24, 2.45) is 5.73 Å². The molecule has 1 unspecified atom stereocenters. The monoisotopic (exact) mass is 188 g/mol. The molecule has 3 N–H and O–H groups in total. The highest BCUT2D eigenvalue weighted by atomic mass is 16.5. The van der Waals surface area contributed by atoms with Crippen LogP contribution in [0.4, 0.5) is 0 Å². The van der Waals surface area contributed by atoms with E-state index in [0.29, 0.717) is 6.04 Å². The van der Waals surface area contributed by atoms with Crippen molar-refractivity contribution >= 4 is 0 Å². The van der Waals surface area contributed by atoms with E-state index in [1.807, 2.05) is 0 Å². The Hall–Kier alpha value is -0.160. The molecule has 1 heterocycles. The summed E-state index contributed by atoms with van der Waals surface area (Å²) < 4.78 is 5.27. The lowest BCUT2D eigenvalue weighted by Gasteiger charge is -2.32. The lowest BCUT2D eigenvalue weighted by atomic mass is 10.1. The van der Waals surface area contributed by atoms with Crippen LogP contribution in [0.25, 0.3) is 0 Å². The Balaban J connectivity index is 2.24. The molecule has 0 aromatic rings. The molecule has 1 aliphatic rings. The largest absolute Gasteiger partial charge is 0.395 e. The lowest BCUT2D eigenvalue weighted by molar-refractivity contribution is 0.0394. The van der Waals surface area contributed by atoms with Crippen molar-refractivity contribution in [3.05, 3.63) is 0 Å². The summed E-state index contributed by atoms with van der Waals surface area (Å²) in [5.41, 5.74) is 5.66. The highest BCUT2D eigenvalue weighted by Crippen LogP contribution is 2.12. The normalized spacial score (nSPS) is 22.2. The molecular formula is C9H20N2O2. The van der Waals surface area contributed by atoms with Gasteiger partial charge in [0.1, 0.15) is 0 Å². The molecule has 1 atom stereocenters. The molecule has 78 valence electrons. The van der Waals surface area contributed by atoms with Crippen molar-refractivity contribution < 1.29 is 9.84 Å². The van der Waals surface area contributed by atoms with E-state index in [9.17, 15) is 0 Å². The molecule has 13 heavy (non-hydrogen) atoms. The number of ether oxygens (including phenoxy) is 1. The van der Waals surface area contributed by atoms with Gasteiger partial charge in [0.05, 0.1) is 6.61 Å². The van der Waals surface area contributed by atoms with E-state index < -0.39 is 0 Å². The molecule has 1 aliphatic heterocycles. The van der Waals surface area contributed by atoms with Gasteiger partial charge < -0.3 is 20.5 Å². The highest BCUT2D eigenvalue weighted by molar-refractivity contribution is 4.75. The average molecular weight is 188 g/mol. The van der Waals surface area contributed by atoms with Crippen LogP contribution in [-0.4, -0.2) is 55.5 Å². The van der Waals surface area contributed by atoms with Crippen LogP contribution in [0.15, 0.2) is 0 Å². The van der Waals surface area contributed by atoms with Gasteiger partial charge in [0.15, 0.2) is 0 Å². The number of hydrogen-bond donors (Lipinski definition) is 2. The van der Waals surface area contributed by atoms with Gasteiger partial charge in [0, 0.05) is 31.8 Å². The first kappa shape index (κ1) is 10.9. The Labute approximate surface area is 79.7 Å². The van der Waals surface area contributed by atoms with Gasteiger partial charge in [-0.25, -0.2) is 0 Å². The van der Waals surface area contributed by atoms with Gasteiger partial charge in [-0.05, 0) is 19.9 Å². The quantitative estimate of drug-likeness (QED) is 0.619. The standard InChI is InChI=1S/C9H20N2O2/c1-11(6-8(10)7-12)9-2-4-13-5-3-9/h8-9,12H,2-7,10H2,1H3. The zero-order valence-electron chi connectivity index (χ0n) is 8.28. The summed E-state index contributed by atoms with van der Waals surface area (Å²) in [4.78, 5) is 2.23. The zero-order chi connectivity index (χ0) is 9.68. The van der Waals surface area contributed by atoms with Crippen LogP contribution in [0.1, 0.15) is 12.8 Å². The highest BCUT2D eigenvalue weighted by Gasteiger charge is 2.19. The minimum Gasteiger partial charge on any atom is -0.395 e. The number of nitrogens with zero attached hydrogens (tertiary/aromatic N) is 1. The third-order valence-corrected chi connectivity index (χ3v) is 2.57. The Morgan fingerprint density at radius 3 is 2.69 bits per heavy atom. The second kappa shape index (κ2) is 5.54. The van der Waals surface area contributed by atoms with Gasteiger partial charge >= 0.3 is 0 Å². The molecule has 0 saturated carbocycles. The number of hydrogen-bond acceptors (Lipinski definition) is 4. The average Bonchev–Trinajstić information content (AvgIpc) is 2.19. The van der Waals surface area contributed by atoms with E-state index >= 15 is 0 Å². The van der Waals surface area contributed by atoms with E-state index in [4.69, 9.17) is 15.6 Å². The zero-order valence-corrected chi connectivity index (χ0v) is 8.28. The Kier molecular flexibility index (Phi) is 4.66. The fourth-order valence-electron chi connectivity index (χ4n) is 1.70. The topological polar surface area (TPSA) is 58.7 Å². The Morgan fingerprint density at radius 1 is 1.54 bits per heavy atom. The smallest absolute Gasteiger partial charge is 0.0595 e. The second-order valence-electron chi connectivity index (χ2n) is 3.73. The maximum absolute atomic E-state index is 8.81. The van der Waals surface area contributed by atoms with Crippen LogP contribution in [0.5, 0.6) is 0 Å². The molecule has 1 fully saturated rings.